The molecule has 0 aliphatic heterocycles. The van der Waals surface area contributed by atoms with E-state index in [9.17, 15) is 4.79 Å². The molecule has 1 atom stereocenters. The topological polar surface area (TPSA) is 35.5 Å². The van der Waals surface area contributed by atoms with Crippen LogP contribution in [-0.4, -0.2) is 37.6 Å². The fourth-order valence-electron chi connectivity index (χ4n) is 2.49. The summed E-state index contributed by atoms with van der Waals surface area (Å²) in [5, 5.41) is 0.919. The zero-order chi connectivity index (χ0) is 16.8. The van der Waals surface area contributed by atoms with Gasteiger partial charge in [0.1, 0.15) is 11.5 Å². The van der Waals surface area contributed by atoms with Gasteiger partial charge in [-0.1, -0.05) is 18.2 Å². The molecule has 0 N–H and O–H groups in total. The van der Waals surface area contributed by atoms with Gasteiger partial charge in [0.25, 0.3) is 0 Å². The Morgan fingerprint density at radius 2 is 1.62 bits per heavy atom. The van der Waals surface area contributed by atoms with Crippen molar-refractivity contribution in [2.45, 2.75) is 27.7 Å². The van der Waals surface area contributed by atoms with Gasteiger partial charge in [-0.15, -0.1) is 0 Å². The van der Waals surface area contributed by atoms with Gasteiger partial charge < -0.3 is 9.47 Å². The molecule has 2 aromatic carbocycles. The average Bonchev–Trinajstić information content (AvgIpc) is 2.50. The summed E-state index contributed by atoms with van der Waals surface area (Å²) in [5.41, 5.74) is 3.01. The molecular formula is C19H24LiO3P. The van der Waals surface area contributed by atoms with Gasteiger partial charge in [-0.3, -0.25) is 4.79 Å². The van der Waals surface area contributed by atoms with Gasteiger partial charge in [-0.05, 0) is 59.5 Å². The Balaban J connectivity index is 0.00000288. The van der Waals surface area contributed by atoms with Crippen molar-refractivity contribution in [3.63, 3.8) is 0 Å². The Morgan fingerprint density at radius 3 is 2.21 bits per heavy atom. The Labute approximate surface area is 158 Å². The second-order valence-electron chi connectivity index (χ2n) is 5.24. The molecule has 0 aliphatic carbocycles. The van der Waals surface area contributed by atoms with E-state index in [1.165, 1.54) is 0 Å². The number of ether oxygens (including phenoxy) is 2. The summed E-state index contributed by atoms with van der Waals surface area (Å²) >= 11 is 0. The van der Waals surface area contributed by atoms with Crippen molar-refractivity contribution in [2.24, 2.45) is 0 Å². The first kappa shape index (κ1) is 20.8. The molecule has 0 saturated heterocycles. The molecule has 124 valence electrons. The Kier molecular flexibility index (Phi) is 8.57. The van der Waals surface area contributed by atoms with Crippen LogP contribution in [0.15, 0.2) is 36.4 Å². The summed E-state index contributed by atoms with van der Waals surface area (Å²) in [5.74, 6) is 1.50. The van der Waals surface area contributed by atoms with Crippen molar-refractivity contribution in [3.8, 4) is 11.5 Å². The van der Waals surface area contributed by atoms with Gasteiger partial charge in [-0.25, -0.2) is 0 Å². The van der Waals surface area contributed by atoms with E-state index in [0.29, 0.717) is 13.2 Å². The van der Waals surface area contributed by atoms with Crippen LogP contribution in [0.4, 0.5) is 0 Å². The number of benzene rings is 2. The molecule has 2 aromatic rings. The molecule has 0 bridgehead atoms. The molecule has 0 aromatic heterocycles. The molecular weight excluding hydrogens is 314 g/mol. The van der Waals surface area contributed by atoms with Crippen molar-refractivity contribution in [1.29, 1.82) is 0 Å². The molecule has 0 aliphatic rings. The molecule has 24 heavy (non-hydrogen) atoms. The third-order valence-corrected chi connectivity index (χ3v) is 4.68. The summed E-state index contributed by atoms with van der Waals surface area (Å²) in [6.45, 7) is 9.01. The third-order valence-electron chi connectivity index (χ3n) is 3.52. The summed E-state index contributed by atoms with van der Waals surface area (Å²) in [7, 11) is 0.0361. The fourth-order valence-corrected chi connectivity index (χ4v) is 3.69. The van der Waals surface area contributed by atoms with E-state index in [1.807, 2.05) is 64.1 Å². The molecule has 0 fully saturated rings. The molecule has 0 radical (unpaired) electrons. The van der Waals surface area contributed by atoms with E-state index in [4.69, 9.17) is 9.47 Å². The van der Waals surface area contributed by atoms with Crippen LogP contribution < -0.4 is 14.8 Å². The number of carbonyl (C=O) groups is 1. The van der Waals surface area contributed by atoms with Crippen LogP contribution in [0.3, 0.4) is 0 Å². The van der Waals surface area contributed by atoms with Crippen molar-refractivity contribution < 1.29 is 14.3 Å². The van der Waals surface area contributed by atoms with E-state index in [1.54, 1.807) is 0 Å². The van der Waals surface area contributed by atoms with Crippen molar-refractivity contribution in [3.05, 3.63) is 53.1 Å². The van der Waals surface area contributed by atoms with E-state index in [0.717, 1.165) is 33.5 Å². The zero-order valence-electron chi connectivity index (χ0n) is 14.1. The Bertz CT molecular complexity index is 681. The van der Waals surface area contributed by atoms with E-state index >= 15 is 0 Å². The predicted octanol–water partition coefficient (Wildman–Crippen LogP) is 3.60. The summed E-state index contributed by atoms with van der Waals surface area (Å²) in [4.78, 5) is 12.7. The number of rotatable bonds is 7. The predicted molar refractivity (Wildman–Crippen MR) is 104 cm³/mol. The second kappa shape index (κ2) is 9.89. The molecule has 0 saturated carbocycles. The number of carbonyl (C=O) groups excluding carboxylic acids is 1. The van der Waals surface area contributed by atoms with Crippen LogP contribution >= 0.6 is 8.58 Å². The molecule has 0 heterocycles. The van der Waals surface area contributed by atoms with Crippen LogP contribution in [0.25, 0.3) is 0 Å². The third kappa shape index (κ3) is 5.12. The fraction of sp³-hybridized carbons (Fsp3) is 0.316. The van der Waals surface area contributed by atoms with Crippen LogP contribution in [0.2, 0.25) is 0 Å². The first-order valence-electron chi connectivity index (χ1n) is 7.84. The van der Waals surface area contributed by atoms with Crippen LogP contribution in [0.5, 0.6) is 11.5 Å². The van der Waals surface area contributed by atoms with Gasteiger partial charge in [-0.2, -0.15) is 0 Å². The SMILES string of the molecule is CCOc1ccc(PC(=O)c2c(C)cccc2C)c(OCC)c1.[LiH]. The first-order chi connectivity index (χ1) is 11.1. The summed E-state index contributed by atoms with van der Waals surface area (Å²) in [6, 6.07) is 11.6. The number of hydrogen-bond donors (Lipinski definition) is 0. The Hall–Kier alpha value is -1.26. The molecule has 3 nitrogen and oxygen atoms in total. The second-order valence-corrected chi connectivity index (χ2v) is 6.49. The van der Waals surface area contributed by atoms with Gasteiger partial charge in [0.05, 0.1) is 13.2 Å². The molecule has 0 spiro atoms. The minimum absolute atomic E-state index is 0. The number of aryl methyl sites for hydroxylation is 2. The first-order valence-corrected chi connectivity index (χ1v) is 8.84. The number of hydrogen-bond acceptors (Lipinski definition) is 3. The molecule has 2 rings (SSSR count). The van der Waals surface area contributed by atoms with Gasteiger partial charge in [0.2, 0.25) is 0 Å². The monoisotopic (exact) mass is 338 g/mol. The maximum absolute atomic E-state index is 12.7. The van der Waals surface area contributed by atoms with E-state index in [2.05, 4.69) is 0 Å². The zero-order valence-corrected chi connectivity index (χ0v) is 15.1. The standard InChI is InChI=1S/C19H23O3P.Li.H/c1-5-21-15-10-11-17(16(12-15)22-6-2)23-19(20)18-13(3)8-7-9-14(18)4;;/h7-12,23H,5-6H2,1-4H3;;. The van der Waals surface area contributed by atoms with Crippen LogP contribution in [-0.2, 0) is 0 Å². The van der Waals surface area contributed by atoms with Crippen molar-refractivity contribution in [2.75, 3.05) is 13.2 Å². The summed E-state index contributed by atoms with van der Waals surface area (Å²) in [6.07, 6.45) is 0. The quantitative estimate of drug-likeness (QED) is 0.572. The molecule has 1 unspecified atom stereocenters. The Morgan fingerprint density at radius 1 is 1.00 bits per heavy atom. The van der Waals surface area contributed by atoms with Gasteiger partial charge in [0.15, 0.2) is 5.52 Å². The van der Waals surface area contributed by atoms with Crippen molar-refractivity contribution in [1.82, 2.24) is 0 Å². The van der Waals surface area contributed by atoms with Crippen LogP contribution in [0.1, 0.15) is 35.3 Å². The summed E-state index contributed by atoms with van der Waals surface area (Å²) < 4.78 is 11.2. The van der Waals surface area contributed by atoms with E-state index in [-0.39, 0.29) is 33.0 Å². The molecule has 5 heteroatoms. The van der Waals surface area contributed by atoms with Crippen molar-refractivity contribution >= 4 is 38.3 Å². The average molecular weight is 338 g/mol. The van der Waals surface area contributed by atoms with E-state index < -0.39 is 0 Å². The molecule has 0 amide bonds. The minimum atomic E-state index is 0. The van der Waals surface area contributed by atoms with Crippen LogP contribution in [0, 0.1) is 13.8 Å². The normalized spacial score (nSPS) is 10.5. The van der Waals surface area contributed by atoms with Gasteiger partial charge in [0, 0.05) is 16.9 Å². The maximum atomic E-state index is 12.7. The van der Waals surface area contributed by atoms with Gasteiger partial charge >= 0.3 is 18.9 Å².